The van der Waals surface area contributed by atoms with Crippen molar-refractivity contribution in [2.45, 2.75) is 70.3 Å². The van der Waals surface area contributed by atoms with Crippen molar-refractivity contribution in [3.8, 4) is 11.5 Å². The zero-order valence-corrected chi connectivity index (χ0v) is 27.2. The molecule has 1 aromatic heterocycles. The van der Waals surface area contributed by atoms with Crippen LogP contribution in [0.4, 0.5) is 0 Å². The van der Waals surface area contributed by atoms with Crippen LogP contribution in [-0.4, -0.2) is 64.1 Å². The van der Waals surface area contributed by atoms with Crippen LogP contribution in [0.25, 0.3) is 10.9 Å². The molecule has 3 saturated heterocycles. The number of nitrogens with zero attached hydrogens (tertiary/aromatic N) is 2. The normalized spacial score (nSPS) is 23.0. The first-order chi connectivity index (χ1) is 20.0. The molecule has 0 radical (unpaired) electrons. The number of hydrogen-bond acceptors (Lipinski definition) is 7. The molecule has 226 valence electrons. The Morgan fingerprint density at radius 3 is 2.45 bits per heavy atom. The Morgan fingerprint density at radius 2 is 1.81 bits per heavy atom. The van der Waals surface area contributed by atoms with Gasteiger partial charge in [-0.05, 0) is 110 Å². The number of carbonyl (C=O) groups excluding carboxylic acids is 1. The van der Waals surface area contributed by atoms with E-state index in [0.29, 0.717) is 30.0 Å². The Balaban J connectivity index is 1.34. The number of benzene rings is 2. The molecule has 6 rings (SSSR count). The molecule has 7 nitrogen and oxygen atoms in total. The molecule has 8 heteroatoms. The van der Waals surface area contributed by atoms with E-state index in [1.165, 1.54) is 19.1 Å². The summed E-state index contributed by atoms with van der Waals surface area (Å²) in [6.07, 6.45) is 5.24. The largest absolute Gasteiger partial charge is 0.497 e. The van der Waals surface area contributed by atoms with Gasteiger partial charge in [0.05, 0.1) is 38.0 Å². The van der Waals surface area contributed by atoms with E-state index in [-0.39, 0.29) is 17.1 Å². The fourth-order valence-corrected chi connectivity index (χ4v) is 7.59. The van der Waals surface area contributed by atoms with Crippen molar-refractivity contribution < 1.29 is 23.4 Å². The predicted molar refractivity (Wildman–Crippen MR) is 169 cm³/mol. The van der Waals surface area contributed by atoms with Crippen molar-refractivity contribution in [2.75, 3.05) is 33.9 Å². The third-order valence-electron chi connectivity index (χ3n) is 9.84. The summed E-state index contributed by atoms with van der Waals surface area (Å²) in [6, 6.07) is 15.8. The second-order valence-electron chi connectivity index (χ2n) is 13.3. The molecule has 2 bridgehead atoms. The molecule has 0 amide bonds. The molecule has 0 spiro atoms. The molecule has 0 aliphatic carbocycles. The van der Waals surface area contributed by atoms with Crippen molar-refractivity contribution in [3.63, 3.8) is 0 Å². The maximum absolute atomic E-state index is 11.7. The van der Waals surface area contributed by atoms with Crippen LogP contribution >= 0.6 is 0 Å². The number of piperidine rings is 3. The number of ether oxygens (including phenoxy) is 3. The Morgan fingerprint density at radius 1 is 1.07 bits per heavy atom. The number of hydrogen-bond donors (Lipinski definition) is 0. The number of fused-ring (bicyclic) bond motifs is 4. The first-order valence-electron chi connectivity index (χ1n) is 15.2. The molecule has 42 heavy (non-hydrogen) atoms. The Bertz CT molecular complexity index is 1390. The van der Waals surface area contributed by atoms with Crippen LogP contribution in [-0.2, 0) is 9.16 Å². The van der Waals surface area contributed by atoms with Crippen LogP contribution in [0.1, 0.15) is 62.1 Å². The summed E-state index contributed by atoms with van der Waals surface area (Å²) in [5.74, 6) is 2.52. The quantitative estimate of drug-likeness (QED) is 0.182. The summed E-state index contributed by atoms with van der Waals surface area (Å²) in [5.41, 5.74) is 2.72. The average Bonchev–Trinajstić information content (AvgIpc) is 2.99. The third kappa shape index (κ3) is 6.36. The summed E-state index contributed by atoms with van der Waals surface area (Å²) in [7, 11) is 1.02. The van der Waals surface area contributed by atoms with Crippen molar-refractivity contribution in [2.24, 2.45) is 11.8 Å². The van der Waals surface area contributed by atoms with Crippen LogP contribution in [0.3, 0.4) is 0 Å². The van der Waals surface area contributed by atoms with Crippen LogP contribution in [0, 0.1) is 11.8 Å². The van der Waals surface area contributed by atoms with Gasteiger partial charge in [-0.15, -0.1) is 0 Å². The average molecular weight is 591 g/mol. The number of rotatable bonds is 10. The van der Waals surface area contributed by atoms with Crippen LogP contribution < -0.4 is 9.47 Å². The molecule has 3 aromatic rings. The van der Waals surface area contributed by atoms with E-state index >= 15 is 0 Å². The second kappa shape index (κ2) is 12.3. The Kier molecular flexibility index (Phi) is 8.97. The molecule has 3 aliphatic heterocycles. The molecule has 3 fully saturated rings. The van der Waals surface area contributed by atoms with E-state index in [4.69, 9.17) is 18.6 Å². The van der Waals surface area contributed by atoms with Crippen LogP contribution in [0.2, 0.25) is 18.1 Å². The lowest BCUT2D eigenvalue weighted by Gasteiger charge is -2.53. The topological polar surface area (TPSA) is 70.1 Å². The van der Waals surface area contributed by atoms with E-state index in [2.05, 4.69) is 55.9 Å². The number of esters is 1. The van der Waals surface area contributed by atoms with E-state index in [0.717, 1.165) is 48.3 Å². The van der Waals surface area contributed by atoms with Gasteiger partial charge in [-0.2, -0.15) is 0 Å². The molecule has 0 N–H and O–H groups in total. The summed E-state index contributed by atoms with van der Waals surface area (Å²) < 4.78 is 23.8. The van der Waals surface area contributed by atoms with Crippen LogP contribution in [0.15, 0.2) is 54.7 Å². The zero-order chi connectivity index (χ0) is 30.1. The summed E-state index contributed by atoms with van der Waals surface area (Å²) in [4.78, 5) is 19.1. The highest BCUT2D eigenvalue weighted by atomic mass is 28.4. The summed E-state index contributed by atoms with van der Waals surface area (Å²) >= 11 is 0. The van der Waals surface area contributed by atoms with Crippen molar-refractivity contribution in [3.05, 3.63) is 65.9 Å². The highest BCUT2D eigenvalue weighted by Crippen LogP contribution is 2.48. The van der Waals surface area contributed by atoms with Crippen molar-refractivity contribution >= 4 is 25.2 Å². The second-order valence-corrected chi connectivity index (χ2v) is 18.1. The lowest BCUT2D eigenvalue weighted by atomic mass is 9.72. The highest BCUT2D eigenvalue weighted by Gasteiger charge is 2.47. The fourth-order valence-electron chi connectivity index (χ4n) is 6.32. The van der Waals surface area contributed by atoms with Gasteiger partial charge in [-0.1, -0.05) is 20.8 Å². The maximum atomic E-state index is 11.7. The lowest BCUT2D eigenvalue weighted by Crippen LogP contribution is -2.57. The fraction of sp³-hybridized carbons (Fsp3) is 0.529. The van der Waals surface area contributed by atoms with Gasteiger partial charge in [0.2, 0.25) is 0 Å². The summed E-state index contributed by atoms with van der Waals surface area (Å²) in [6.45, 7) is 14.5. The standard InChI is InChI=1S/C34H46N2O5Si/c1-34(2,3)42(6,7)41-32(28-14-17-35-30-13-12-27(38-4)21-29(28)30)31-20-24-15-18-36(31)22-25(24)16-19-40-26-10-8-23(9-11-26)33(37)39-5/h8-14,17,21,24-25,31-32H,15-16,18-20,22H2,1-7H3/t24-,25-,31-,32+/m0/s1. The van der Waals surface area contributed by atoms with Gasteiger partial charge < -0.3 is 18.6 Å². The zero-order valence-electron chi connectivity index (χ0n) is 26.2. The maximum Gasteiger partial charge on any atom is 0.337 e. The van der Waals surface area contributed by atoms with Gasteiger partial charge in [-0.3, -0.25) is 9.88 Å². The van der Waals surface area contributed by atoms with Gasteiger partial charge in [0, 0.05) is 24.2 Å². The van der Waals surface area contributed by atoms with Gasteiger partial charge in [0.1, 0.15) is 11.5 Å². The molecular weight excluding hydrogens is 544 g/mol. The van der Waals surface area contributed by atoms with Crippen molar-refractivity contribution in [1.82, 2.24) is 9.88 Å². The molecule has 4 heterocycles. The van der Waals surface area contributed by atoms with Crippen molar-refractivity contribution in [1.29, 1.82) is 0 Å². The van der Waals surface area contributed by atoms with Gasteiger partial charge in [-0.25, -0.2) is 4.79 Å². The molecule has 1 unspecified atom stereocenters. The number of aromatic nitrogens is 1. The smallest absolute Gasteiger partial charge is 0.337 e. The van der Waals surface area contributed by atoms with Gasteiger partial charge in [0.25, 0.3) is 0 Å². The summed E-state index contributed by atoms with van der Waals surface area (Å²) in [5, 5.41) is 1.22. The minimum atomic E-state index is -2.09. The minimum Gasteiger partial charge on any atom is -0.497 e. The number of methoxy groups -OCH3 is 2. The number of carbonyl (C=O) groups is 1. The van der Waals surface area contributed by atoms with Gasteiger partial charge in [0.15, 0.2) is 8.32 Å². The number of pyridine rings is 1. The van der Waals surface area contributed by atoms with Crippen LogP contribution in [0.5, 0.6) is 11.5 Å². The molecule has 2 aromatic carbocycles. The first kappa shape index (κ1) is 30.5. The predicted octanol–water partition coefficient (Wildman–Crippen LogP) is 7.27. The van der Waals surface area contributed by atoms with E-state index < -0.39 is 8.32 Å². The lowest BCUT2D eigenvalue weighted by molar-refractivity contribution is -0.0553. The molecule has 3 aliphatic rings. The monoisotopic (exact) mass is 590 g/mol. The highest BCUT2D eigenvalue weighted by molar-refractivity contribution is 6.74. The molecular formula is C34H46N2O5Si. The minimum absolute atomic E-state index is 0.0307. The molecule has 5 atom stereocenters. The van der Waals surface area contributed by atoms with Gasteiger partial charge >= 0.3 is 5.97 Å². The SMILES string of the molecule is COC(=O)c1ccc(OCC[C@H]2CN3CC[C@H]2C[C@H]3[C@H](O[Si](C)(C)C(C)(C)C)c2ccnc3ccc(OC)cc23)cc1. The Labute approximate surface area is 251 Å². The van der Waals surface area contributed by atoms with E-state index in [1.807, 2.05) is 30.5 Å². The third-order valence-corrected chi connectivity index (χ3v) is 14.3. The van der Waals surface area contributed by atoms with E-state index in [1.54, 1.807) is 19.2 Å². The first-order valence-corrected chi connectivity index (χ1v) is 18.1. The molecule has 0 saturated carbocycles. The van der Waals surface area contributed by atoms with E-state index in [9.17, 15) is 4.79 Å². The Hall–Kier alpha value is -2.94.